The molecular formula is C26H27ClF3N5O5S2. The summed E-state index contributed by atoms with van der Waals surface area (Å²) in [5.41, 5.74) is 2.88. The first-order valence-corrected chi connectivity index (χ1v) is 15.9. The Labute approximate surface area is 245 Å². The Balaban J connectivity index is 0.000000446. The molecule has 5 rings (SSSR count). The molecule has 1 aliphatic rings. The number of halogens is 4. The molecule has 42 heavy (non-hydrogen) atoms. The average molecular weight is 646 g/mol. The summed E-state index contributed by atoms with van der Waals surface area (Å²) in [6.45, 7) is 1.78. The zero-order valence-corrected chi connectivity index (χ0v) is 24.5. The van der Waals surface area contributed by atoms with Crippen LogP contribution in [0.25, 0.3) is 22.2 Å². The van der Waals surface area contributed by atoms with E-state index in [0.717, 1.165) is 31.1 Å². The third-order valence-electron chi connectivity index (χ3n) is 6.66. The lowest BCUT2D eigenvalue weighted by atomic mass is 9.92. The van der Waals surface area contributed by atoms with Gasteiger partial charge in [-0.1, -0.05) is 48.0 Å². The van der Waals surface area contributed by atoms with Crippen LogP contribution in [-0.2, 0) is 20.1 Å². The van der Waals surface area contributed by atoms with Gasteiger partial charge in [0.05, 0.1) is 27.3 Å². The normalized spacial score (nSPS) is 17.9. The van der Waals surface area contributed by atoms with Gasteiger partial charge in [-0.3, -0.25) is 4.55 Å². The monoisotopic (exact) mass is 645 g/mol. The fourth-order valence-electron chi connectivity index (χ4n) is 4.80. The summed E-state index contributed by atoms with van der Waals surface area (Å²) in [5.74, 6) is 0.459. The molecular weight excluding hydrogens is 619 g/mol. The Bertz CT molecular complexity index is 1800. The number of para-hydroxylation sites is 1. The van der Waals surface area contributed by atoms with Gasteiger partial charge in [0.15, 0.2) is 0 Å². The largest absolute Gasteiger partial charge is 0.522 e. The molecule has 4 N–H and O–H groups in total. The Hall–Kier alpha value is -3.24. The first kappa shape index (κ1) is 31.7. The molecule has 0 unspecified atom stereocenters. The van der Waals surface area contributed by atoms with Crippen molar-refractivity contribution in [3.63, 3.8) is 0 Å². The first-order chi connectivity index (χ1) is 19.6. The maximum absolute atomic E-state index is 13.6. The Morgan fingerprint density at radius 1 is 1.05 bits per heavy atom. The second kappa shape index (κ2) is 12.2. The summed E-state index contributed by atoms with van der Waals surface area (Å²) in [6.07, 6.45) is 5.51. The number of hydrogen-bond donors (Lipinski definition) is 3. The van der Waals surface area contributed by atoms with E-state index in [4.69, 9.17) is 35.3 Å². The summed E-state index contributed by atoms with van der Waals surface area (Å²) >= 11 is 6.58. The first-order valence-electron chi connectivity index (χ1n) is 12.6. The number of fused-ring (bicyclic) bond motifs is 1. The van der Waals surface area contributed by atoms with Crippen LogP contribution in [0.4, 0.5) is 19.1 Å². The number of nitrogens with one attached hydrogen (secondary N) is 1. The van der Waals surface area contributed by atoms with Crippen LogP contribution in [-0.4, -0.2) is 52.9 Å². The van der Waals surface area contributed by atoms with Crippen molar-refractivity contribution in [1.29, 1.82) is 0 Å². The summed E-state index contributed by atoms with van der Waals surface area (Å²) in [7, 11) is -9.67. The number of nitrogens with zero attached hydrogens (tertiary/aromatic N) is 3. The summed E-state index contributed by atoms with van der Waals surface area (Å²) in [4.78, 5) is 9.33. The maximum atomic E-state index is 13.6. The predicted molar refractivity (Wildman–Crippen MR) is 153 cm³/mol. The van der Waals surface area contributed by atoms with Crippen molar-refractivity contribution in [1.82, 2.24) is 13.9 Å². The molecule has 0 radical (unpaired) electrons. The topological polar surface area (TPSA) is 157 Å². The standard InChI is InChI=1S/C25H26ClN5O2S.CHF3O3S/c1-16-23(24-21(26)15-28-25(30-24)29-18-9-7-8-17(27)14-18)20-12-5-6-13-22(20)31(16)34(32,33)19-10-3-2-4-11-19;2-1(3,4)8(5,6)7/h2-6,10-13,15,17-18H,7-9,14,27H2,1H3,(H,28,29,30);(H,5,6,7)/t17-,18+;/m0./s1. The fourth-order valence-corrected chi connectivity index (χ4v) is 6.57. The molecule has 1 aliphatic carbocycles. The molecule has 4 aromatic rings. The second-order valence-corrected chi connectivity index (χ2v) is 13.2. The predicted octanol–water partition coefficient (Wildman–Crippen LogP) is 5.37. The number of nitrogens with two attached hydrogens (primary N) is 1. The smallest absolute Gasteiger partial charge is 0.351 e. The van der Waals surface area contributed by atoms with Crippen LogP contribution >= 0.6 is 11.6 Å². The van der Waals surface area contributed by atoms with E-state index in [1.54, 1.807) is 49.5 Å². The molecule has 1 fully saturated rings. The third-order valence-corrected chi connectivity index (χ3v) is 9.34. The molecule has 0 spiro atoms. The molecule has 2 heterocycles. The Kier molecular flexibility index (Phi) is 9.18. The molecule has 226 valence electrons. The fraction of sp³-hybridized carbons (Fsp3) is 0.308. The van der Waals surface area contributed by atoms with Crippen LogP contribution in [0.5, 0.6) is 0 Å². The van der Waals surface area contributed by atoms with Gasteiger partial charge in [-0.05, 0) is 50.8 Å². The number of rotatable bonds is 5. The van der Waals surface area contributed by atoms with Crippen molar-refractivity contribution in [2.24, 2.45) is 5.73 Å². The summed E-state index contributed by atoms with van der Waals surface area (Å²) < 4.78 is 86.2. The van der Waals surface area contributed by atoms with Gasteiger partial charge in [0.25, 0.3) is 10.0 Å². The highest BCUT2D eigenvalue weighted by Crippen LogP contribution is 2.39. The van der Waals surface area contributed by atoms with Gasteiger partial charge < -0.3 is 11.1 Å². The van der Waals surface area contributed by atoms with E-state index in [0.29, 0.717) is 33.4 Å². The van der Waals surface area contributed by atoms with Crippen molar-refractivity contribution in [3.8, 4) is 11.3 Å². The van der Waals surface area contributed by atoms with E-state index in [9.17, 15) is 21.6 Å². The van der Waals surface area contributed by atoms with Crippen molar-refractivity contribution in [2.75, 3.05) is 5.32 Å². The van der Waals surface area contributed by atoms with Gasteiger partial charge >= 0.3 is 15.6 Å². The molecule has 2 atom stereocenters. The SMILES string of the molecule is Cc1c(-c2nc(N[C@@H]3CCC[C@H](N)C3)ncc2Cl)c2ccccc2n1S(=O)(=O)c1ccccc1.O=S(=O)(O)C(F)(F)F. The van der Waals surface area contributed by atoms with Gasteiger partial charge in [0.1, 0.15) is 0 Å². The number of benzene rings is 2. The van der Waals surface area contributed by atoms with Crippen molar-refractivity contribution >= 4 is 48.6 Å². The summed E-state index contributed by atoms with van der Waals surface area (Å²) in [5, 5.41) is 4.50. The lowest BCUT2D eigenvalue weighted by Gasteiger charge is -2.27. The van der Waals surface area contributed by atoms with E-state index >= 15 is 0 Å². The van der Waals surface area contributed by atoms with Crippen LogP contribution in [0, 0.1) is 6.92 Å². The molecule has 10 nitrogen and oxygen atoms in total. The zero-order valence-electron chi connectivity index (χ0n) is 22.1. The van der Waals surface area contributed by atoms with Crippen LogP contribution in [0.15, 0.2) is 65.7 Å². The van der Waals surface area contributed by atoms with Crippen molar-refractivity contribution in [2.45, 2.75) is 55.1 Å². The molecule has 0 saturated heterocycles. The van der Waals surface area contributed by atoms with Gasteiger partial charge in [0, 0.05) is 28.7 Å². The highest BCUT2D eigenvalue weighted by Gasteiger charge is 2.44. The van der Waals surface area contributed by atoms with Crippen LogP contribution in [0.2, 0.25) is 5.02 Å². The van der Waals surface area contributed by atoms with Crippen LogP contribution in [0.1, 0.15) is 31.4 Å². The molecule has 0 amide bonds. The number of aromatic nitrogens is 3. The molecule has 2 aromatic heterocycles. The van der Waals surface area contributed by atoms with Gasteiger partial charge in [-0.2, -0.15) is 21.6 Å². The number of hydrogen-bond acceptors (Lipinski definition) is 8. The highest BCUT2D eigenvalue weighted by molar-refractivity contribution is 7.90. The molecule has 0 bridgehead atoms. The van der Waals surface area contributed by atoms with Crippen LogP contribution in [0.3, 0.4) is 0 Å². The number of alkyl halides is 3. The second-order valence-electron chi connectivity index (χ2n) is 9.64. The van der Waals surface area contributed by atoms with E-state index in [-0.39, 0.29) is 17.0 Å². The van der Waals surface area contributed by atoms with E-state index < -0.39 is 25.6 Å². The van der Waals surface area contributed by atoms with Crippen LogP contribution < -0.4 is 11.1 Å². The molecule has 16 heteroatoms. The lowest BCUT2D eigenvalue weighted by molar-refractivity contribution is -0.0510. The van der Waals surface area contributed by atoms with Gasteiger partial charge in [-0.15, -0.1) is 0 Å². The Morgan fingerprint density at radius 2 is 1.67 bits per heavy atom. The van der Waals surface area contributed by atoms with Gasteiger partial charge in [-0.25, -0.2) is 22.4 Å². The molecule has 1 saturated carbocycles. The minimum absolute atomic E-state index is 0.168. The maximum Gasteiger partial charge on any atom is 0.522 e. The molecule has 0 aliphatic heterocycles. The minimum atomic E-state index is -5.84. The van der Waals surface area contributed by atoms with Crippen molar-refractivity contribution in [3.05, 3.63) is 71.5 Å². The van der Waals surface area contributed by atoms with Crippen molar-refractivity contribution < 1.29 is 34.6 Å². The van der Waals surface area contributed by atoms with E-state index in [2.05, 4.69) is 10.3 Å². The van der Waals surface area contributed by atoms with Gasteiger partial charge in [0.2, 0.25) is 5.95 Å². The lowest BCUT2D eigenvalue weighted by Crippen LogP contribution is -2.35. The highest BCUT2D eigenvalue weighted by atomic mass is 35.5. The molecule has 2 aromatic carbocycles. The quantitative estimate of drug-likeness (QED) is 0.192. The summed E-state index contributed by atoms with van der Waals surface area (Å²) in [6, 6.07) is 16.2. The Morgan fingerprint density at radius 3 is 2.29 bits per heavy atom. The van der Waals surface area contributed by atoms with E-state index in [1.807, 2.05) is 18.2 Å². The average Bonchev–Trinajstić information content (AvgIpc) is 3.22. The third kappa shape index (κ3) is 6.70. The minimum Gasteiger partial charge on any atom is -0.351 e. The zero-order chi connectivity index (χ0) is 30.9. The number of anilines is 1. The van der Waals surface area contributed by atoms with E-state index in [1.165, 1.54) is 3.97 Å².